The Hall–Kier alpha value is -4.25. The summed E-state index contributed by atoms with van der Waals surface area (Å²) < 4.78 is 34.9. The van der Waals surface area contributed by atoms with Crippen LogP contribution in [0.25, 0.3) is 6.08 Å². The molecule has 0 saturated carbocycles. The molecular formula is C28H28N2O8S. The number of hydrogen-bond acceptors (Lipinski definition) is 10. The van der Waals surface area contributed by atoms with Crippen molar-refractivity contribution in [1.82, 2.24) is 4.57 Å². The second-order valence-corrected chi connectivity index (χ2v) is 9.83. The Kier molecular flexibility index (Phi) is 7.09. The number of rotatable bonds is 7. The van der Waals surface area contributed by atoms with E-state index in [0.717, 1.165) is 11.1 Å². The minimum atomic E-state index is -0.839. The fourth-order valence-corrected chi connectivity index (χ4v) is 5.76. The summed E-state index contributed by atoms with van der Waals surface area (Å²) >= 11 is 1.24. The first-order valence-corrected chi connectivity index (χ1v) is 13.0. The van der Waals surface area contributed by atoms with Gasteiger partial charge in [0.15, 0.2) is 27.8 Å². The molecule has 3 heterocycles. The largest absolute Gasteiger partial charge is 0.493 e. The average Bonchev–Trinajstić information content (AvgIpc) is 3.50. The number of carbonyl (C=O) groups is 1. The predicted molar refractivity (Wildman–Crippen MR) is 144 cm³/mol. The summed E-state index contributed by atoms with van der Waals surface area (Å²) in [6.45, 7) is 5.73. The Morgan fingerprint density at radius 2 is 1.74 bits per heavy atom. The molecule has 2 aliphatic rings. The lowest BCUT2D eigenvalue weighted by atomic mass is 9.95. The number of fused-ring (bicyclic) bond motifs is 2. The number of aryl methyl sites for hydroxylation is 1. The lowest BCUT2D eigenvalue weighted by Crippen LogP contribution is -2.40. The molecule has 0 spiro atoms. The fraction of sp³-hybridized carbons (Fsp3) is 0.321. The highest BCUT2D eigenvalue weighted by molar-refractivity contribution is 7.07. The van der Waals surface area contributed by atoms with E-state index < -0.39 is 12.0 Å². The maximum atomic E-state index is 14.0. The number of allylic oxidation sites excluding steroid dienone is 1. The zero-order valence-corrected chi connectivity index (χ0v) is 23.3. The van der Waals surface area contributed by atoms with Gasteiger partial charge in [0.05, 0.1) is 49.8 Å². The second-order valence-electron chi connectivity index (χ2n) is 8.82. The lowest BCUT2D eigenvalue weighted by molar-refractivity contribution is -0.139. The smallest absolute Gasteiger partial charge is 0.338 e. The van der Waals surface area contributed by atoms with Gasteiger partial charge in [-0.2, -0.15) is 0 Å². The third-order valence-electron chi connectivity index (χ3n) is 6.57. The molecule has 3 aromatic rings. The van der Waals surface area contributed by atoms with E-state index in [0.29, 0.717) is 49.3 Å². The van der Waals surface area contributed by atoms with Gasteiger partial charge in [-0.1, -0.05) is 11.3 Å². The van der Waals surface area contributed by atoms with Crippen molar-refractivity contribution in [2.75, 3.05) is 34.7 Å². The quantitative estimate of drug-likeness (QED) is 0.412. The molecule has 11 heteroatoms. The van der Waals surface area contributed by atoms with Crippen LogP contribution in [0.3, 0.4) is 0 Å². The summed E-state index contributed by atoms with van der Waals surface area (Å²) in [4.78, 5) is 32.3. The monoisotopic (exact) mass is 552 g/mol. The zero-order chi connectivity index (χ0) is 27.8. The van der Waals surface area contributed by atoms with E-state index in [9.17, 15) is 9.59 Å². The minimum Gasteiger partial charge on any atom is -0.493 e. The topological polar surface area (TPSA) is 107 Å². The van der Waals surface area contributed by atoms with E-state index in [1.807, 2.05) is 19.1 Å². The van der Waals surface area contributed by atoms with Crippen LogP contribution >= 0.6 is 11.3 Å². The highest BCUT2D eigenvalue weighted by Crippen LogP contribution is 2.42. The van der Waals surface area contributed by atoms with Crippen LogP contribution in [-0.2, 0) is 9.53 Å². The SMILES string of the molecule is CCOC(=O)C1=C(C)N=c2s/c(=C\c3cc4c(cc3C)OCO4)c(=O)n2[C@@H]1c1cc(OC)c(OC)c(OC)c1. The number of hydrogen-bond donors (Lipinski definition) is 0. The van der Waals surface area contributed by atoms with E-state index in [1.165, 1.54) is 37.2 Å². The Bertz CT molecular complexity index is 1660. The van der Waals surface area contributed by atoms with Gasteiger partial charge >= 0.3 is 5.97 Å². The van der Waals surface area contributed by atoms with Crippen molar-refractivity contribution in [2.24, 2.45) is 4.99 Å². The van der Waals surface area contributed by atoms with Crippen LogP contribution in [0.1, 0.15) is 36.6 Å². The summed E-state index contributed by atoms with van der Waals surface area (Å²) in [6.07, 6.45) is 1.80. The van der Waals surface area contributed by atoms with Gasteiger partial charge in [-0.15, -0.1) is 0 Å². The van der Waals surface area contributed by atoms with Crippen LogP contribution in [0.5, 0.6) is 28.7 Å². The van der Waals surface area contributed by atoms with Gasteiger partial charge in [-0.3, -0.25) is 9.36 Å². The second kappa shape index (κ2) is 10.5. The van der Waals surface area contributed by atoms with E-state index in [-0.39, 0.29) is 24.5 Å². The highest BCUT2D eigenvalue weighted by Gasteiger charge is 2.34. The molecule has 1 aromatic heterocycles. The van der Waals surface area contributed by atoms with Gasteiger partial charge in [0, 0.05) is 0 Å². The summed E-state index contributed by atoms with van der Waals surface area (Å²) in [5.74, 6) is 1.91. The van der Waals surface area contributed by atoms with E-state index in [4.69, 9.17) is 28.4 Å². The third kappa shape index (κ3) is 4.52. The maximum absolute atomic E-state index is 14.0. The Labute approximate surface area is 228 Å². The number of esters is 1. The van der Waals surface area contributed by atoms with Crippen molar-refractivity contribution in [1.29, 1.82) is 0 Å². The van der Waals surface area contributed by atoms with Gasteiger partial charge in [0.2, 0.25) is 12.5 Å². The van der Waals surface area contributed by atoms with Crippen molar-refractivity contribution >= 4 is 23.4 Å². The molecule has 0 amide bonds. The van der Waals surface area contributed by atoms with Crippen molar-refractivity contribution in [3.63, 3.8) is 0 Å². The van der Waals surface area contributed by atoms with Gasteiger partial charge in [-0.05, 0) is 67.8 Å². The van der Waals surface area contributed by atoms with Crippen LogP contribution in [0.2, 0.25) is 0 Å². The summed E-state index contributed by atoms with van der Waals surface area (Å²) in [6, 6.07) is 6.34. The number of carbonyl (C=O) groups excluding carboxylic acids is 1. The Balaban J connectivity index is 1.76. The maximum Gasteiger partial charge on any atom is 0.338 e. The molecule has 2 aromatic carbocycles. The number of benzene rings is 2. The molecule has 0 unspecified atom stereocenters. The van der Waals surface area contributed by atoms with E-state index >= 15 is 0 Å². The number of nitrogens with zero attached hydrogens (tertiary/aromatic N) is 2. The van der Waals surface area contributed by atoms with Crippen LogP contribution in [0, 0.1) is 6.92 Å². The van der Waals surface area contributed by atoms with Crippen molar-refractivity contribution < 1.29 is 33.2 Å². The summed E-state index contributed by atoms with van der Waals surface area (Å²) in [5.41, 5.74) is 2.73. The molecule has 5 rings (SSSR count). The third-order valence-corrected chi connectivity index (χ3v) is 7.55. The number of aromatic nitrogens is 1. The Morgan fingerprint density at radius 1 is 1.08 bits per heavy atom. The number of thiazole rings is 1. The molecule has 2 aliphatic heterocycles. The molecular weight excluding hydrogens is 524 g/mol. The van der Waals surface area contributed by atoms with E-state index in [1.54, 1.807) is 32.1 Å². The van der Waals surface area contributed by atoms with Crippen LogP contribution in [0.4, 0.5) is 0 Å². The number of methoxy groups -OCH3 is 3. The predicted octanol–water partition coefficient (Wildman–Crippen LogP) is 2.86. The average molecular weight is 553 g/mol. The molecule has 0 fully saturated rings. The zero-order valence-electron chi connectivity index (χ0n) is 22.4. The standard InChI is InChI=1S/C28H28N2O8S/c1-7-36-27(32)23-15(3)29-28-30(24(23)17-10-20(33-4)25(35-6)21(11-17)34-5)26(31)22(39-28)12-16-9-19-18(8-14(16)2)37-13-38-19/h8-12,24H,7,13H2,1-6H3/b22-12-/t24-/m1/s1. The fourth-order valence-electron chi connectivity index (χ4n) is 4.72. The Morgan fingerprint density at radius 3 is 2.36 bits per heavy atom. The molecule has 0 radical (unpaired) electrons. The summed E-state index contributed by atoms with van der Waals surface area (Å²) in [7, 11) is 4.52. The van der Waals surface area contributed by atoms with Gasteiger partial charge in [0.25, 0.3) is 5.56 Å². The molecule has 0 N–H and O–H groups in total. The molecule has 0 aliphatic carbocycles. The molecule has 0 saturated heterocycles. The first-order valence-electron chi connectivity index (χ1n) is 12.2. The normalized spacial score (nSPS) is 16.1. The van der Waals surface area contributed by atoms with Crippen molar-refractivity contribution in [3.8, 4) is 28.7 Å². The molecule has 1 atom stereocenters. The van der Waals surface area contributed by atoms with Crippen molar-refractivity contribution in [2.45, 2.75) is 26.8 Å². The summed E-state index contributed by atoms with van der Waals surface area (Å²) in [5, 5.41) is 0. The van der Waals surface area contributed by atoms with Gasteiger partial charge in [0.1, 0.15) is 0 Å². The molecule has 0 bridgehead atoms. The van der Waals surface area contributed by atoms with Gasteiger partial charge in [-0.25, -0.2) is 9.79 Å². The van der Waals surface area contributed by atoms with Crippen LogP contribution < -0.4 is 38.6 Å². The minimum absolute atomic E-state index is 0.158. The molecule has 10 nitrogen and oxygen atoms in total. The van der Waals surface area contributed by atoms with Crippen molar-refractivity contribution in [3.05, 3.63) is 71.9 Å². The number of ether oxygens (including phenoxy) is 6. The lowest BCUT2D eigenvalue weighted by Gasteiger charge is -2.26. The van der Waals surface area contributed by atoms with Gasteiger partial charge < -0.3 is 28.4 Å². The molecule has 39 heavy (non-hydrogen) atoms. The highest BCUT2D eigenvalue weighted by atomic mass is 32.1. The molecule has 204 valence electrons. The van der Waals surface area contributed by atoms with Crippen LogP contribution in [-0.4, -0.2) is 45.3 Å². The van der Waals surface area contributed by atoms with Crippen LogP contribution in [0.15, 0.2) is 45.3 Å². The first kappa shape index (κ1) is 26.4. The van der Waals surface area contributed by atoms with E-state index in [2.05, 4.69) is 4.99 Å². The first-order chi connectivity index (χ1) is 18.8.